The highest BCUT2D eigenvalue weighted by Gasteiger charge is 2.25. The summed E-state index contributed by atoms with van der Waals surface area (Å²) in [7, 11) is 0. The SMILES string of the molecule is O=C(NC(CO)c1ccco1)C1CCCOC1. The van der Waals surface area contributed by atoms with Crippen molar-refractivity contribution in [2.45, 2.75) is 18.9 Å². The van der Waals surface area contributed by atoms with Gasteiger partial charge in [0.15, 0.2) is 0 Å². The summed E-state index contributed by atoms with van der Waals surface area (Å²) >= 11 is 0. The molecular formula is C12H17NO4. The second kappa shape index (κ2) is 5.84. The lowest BCUT2D eigenvalue weighted by molar-refractivity contribution is -0.130. The number of hydrogen-bond acceptors (Lipinski definition) is 4. The molecule has 2 atom stereocenters. The molecule has 1 aromatic rings. The lowest BCUT2D eigenvalue weighted by atomic mass is 10.0. The van der Waals surface area contributed by atoms with E-state index in [9.17, 15) is 9.90 Å². The van der Waals surface area contributed by atoms with E-state index in [2.05, 4.69) is 5.32 Å². The lowest BCUT2D eigenvalue weighted by Gasteiger charge is -2.23. The van der Waals surface area contributed by atoms with Crippen molar-refractivity contribution in [3.63, 3.8) is 0 Å². The van der Waals surface area contributed by atoms with Gasteiger partial charge in [0.2, 0.25) is 5.91 Å². The van der Waals surface area contributed by atoms with Gasteiger partial charge in [-0.05, 0) is 25.0 Å². The van der Waals surface area contributed by atoms with E-state index in [4.69, 9.17) is 9.15 Å². The van der Waals surface area contributed by atoms with Gasteiger partial charge in [0, 0.05) is 6.61 Å². The van der Waals surface area contributed by atoms with Crippen LogP contribution >= 0.6 is 0 Å². The van der Waals surface area contributed by atoms with Crippen molar-refractivity contribution in [1.82, 2.24) is 5.32 Å². The van der Waals surface area contributed by atoms with Crippen LogP contribution in [-0.4, -0.2) is 30.8 Å². The fraction of sp³-hybridized carbons (Fsp3) is 0.583. The van der Waals surface area contributed by atoms with E-state index in [1.165, 1.54) is 6.26 Å². The molecule has 1 aliphatic heterocycles. The molecule has 0 aliphatic carbocycles. The maximum atomic E-state index is 11.9. The van der Waals surface area contributed by atoms with Crippen molar-refractivity contribution in [2.75, 3.05) is 19.8 Å². The summed E-state index contributed by atoms with van der Waals surface area (Å²) in [5.74, 6) is 0.366. The second-order valence-corrected chi connectivity index (χ2v) is 4.17. The van der Waals surface area contributed by atoms with Gasteiger partial charge in [-0.25, -0.2) is 0 Å². The third kappa shape index (κ3) is 3.08. The molecule has 1 saturated heterocycles. The largest absolute Gasteiger partial charge is 0.467 e. The number of nitrogens with one attached hydrogen (secondary N) is 1. The van der Waals surface area contributed by atoms with E-state index < -0.39 is 6.04 Å². The van der Waals surface area contributed by atoms with Gasteiger partial charge in [-0.2, -0.15) is 0 Å². The molecule has 2 N–H and O–H groups in total. The maximum absolute atomic E-state index is 11.9. The summed E-state index contributed by atoms with van der Waals surface area (Å²) in [5, 5.41) is 12.0. The zero-order valence-corrected chi connectivity index (χ0v) is 9.59. The standard InChI is InChI=1S/C12H17NO4/c14-7-10(11-4-2-6-17-11)13-12(15)9-3-1-5-16-8-9/h2,4,6,9-10,14H,1,3,5,7-8H2,(H,13,15). The van der Waals surface area contributed by atoms with E-state index in [0.29, 0.717) is 12.4 Å². The van der Waals surface area contributed by atoms with Crippen LogP contribution in [-0.2, 0) is 9.53 Å². The van der Waals surface area contributed by atoms with E-state index in [1.807, 2.05) is 0 Å². The smallest absolute Gasteiger partial charge is 0.226 e. The third-order valence-electron chi connectivity index (χ3n) is 2.92. The Hall–Kier alpha value is -1.33. The summed E-state index contributed by atoms with van der Waals surface area (Å²) in [6.45, 7) is 1.01. The Labute approximate surface area is 99.8 Å². The van der Waals surface area contributed by atoms with Crippen LogP contribution in [0.4, 0.5) is 0 Å². The lowest BCUT2D eigenvalue weighted by Crippen LogP contribution is -2.38. The molecule has 17 heavy (non-hydrogen) atoms. The zero-order chi connectivity index (χ0) is 12.1. The Morgan fingerprint density at radius 3 is 3.12 bits per heavy atom. The minimum atomic E-state index is -0.473. The first-order valence-corrected chi connectivity index (χ1v) is 5.83. The average Bonchev–Trinajstić information content (AvgIpc) is 2.90. The molecule has 0 saturated carbocycles. The molecule has 94 valence electrons. The number of aliphatic hydroxyl groups is 1. The van der Waals surface area contributed by atoms with Crippen LogP contribution < -0.4 is 5.32 Å². The Kier molecular flexibility index (Phi) is 4.17. The summed E-state index contributed by atoms with van der Waals surface area (Å²) in [6, 6.07) is 2.99. The summed E-state index contributed by atoms with van der Waals surface area (Å²) < 4.78 is 10.4. The number of hydrogen-bond donors (Lipinski definition) is 2. The highest BCUT2D eigenvalue weighted by molar-refractivity contribution is 5.79. The summed E-state index contributed by atoms with van der Waals surface area (Å²) in [6.07, 6.45) is 3.26. The third-order valence-corrected chi connectivity index (χ3v) is 2.92. The first-order chi connectivity index (χ1) is 8.31. The fourth-order valence-electron chi connectivity index (χ4n) is 1.93. The molecule has 0 aromatic carbocycles. The quantitative estimate of drug-likeness (QED) is 0.817. The molecule has 2 rings (SSSR count). The predicted octanol–water partition coefficient (Wildman–Crippen LogP) is 0.856. The van der Waals surface area contributed by atoms with Crippen molar-refractivity contribution in [1.29, 1.82) is 0 Å². The first kappa shape index (κ1) is 12.1. The average molecular weight is 239 g/mol. The molecule has 5 heteroatoms. The predicted molar refractivity (Wildman–Crippen MR) is 60.2 cm³/mol. The van der Waals surface area contributed by atoms with E-state index in [-0.39, 0.29) is 18.4 Å². The van der Waals surface area contributed by atoms with Crippen LogP contribution in [0.25, 0.3) is 0 Å². The fourth-order valence-corrected chi connectivity index (χ4v) is 1.93. The van der Waals surface area contributed by atoms with Crippen LogP contribution in [0.1, 0.15) is 24.6 Å². The molecule has 1 aromatic heterocycles. The van der Waals surface area contributed by atoms with Gasteiger partial charge in [0.25, 0.3) is 0 Å². The van der Waals surface area contributed by atoms with Crippen molar-refractivity contribution >= 4 is 5.91 Å². The maximum Gasteiger partial charge on any atom is 0.226 e. The molecule has 1 aliphatic rings. The van der Waals surface area contributed by atoms with Crippen molar-refractivity contribution in [2.24, 2.45) is 5.92 Å². The van der Waals surface area contributed by atoms with Crippen LogP contribution in [0.2, 0.25) is 0 Å². The van der Waals surface area contributed by atoms with Crippen molar-refractivity contribution in [3.8, 4) is 0 Å². The molecule has 1 amide bonds. The molecule has 2 heterocycles. The Morgan fingerprint density at radius 2 is 2.53 bits per heavy atom. The summed E-state index contributed by atoms with van der Waals surface area (Å²) in [5.41, 5.74) is 0. The Balaban J connectivity index is 1.92. The van der Waals surface area contributed by atoms with Crippen molar-refractivity contribution < 1.29 is 19.1 Å². The number of furan rings is 1. The summed E-state index contributed by atoms with van der Waals surface area (Å²) in [4.78, 5) is 11.9. The van der Waals surface area contributed by atoms with E-state index >= 15 is 0 Å². The molecule has 0 bridgehead atoms. The van der Waals surface area contributed by atoms with Gasteiger partial charge in [-0.3, -0.25) is 4.79 Å². The highest BCUT2D eigenvalue weighted by Crippen LogP contribution is 2.17. The number of amides is 1. The topological polar surface area (TPSA) is 71.7 Å². The number of ether oxygens (including phenoxy) is 1. The molecule has 2 unspecified atom stereocenters. The number of aliphatic hydroxyl groups excluding tert-OH is 1. The van der Waals surface area contributed by atoms with Crippen LogP contribution in [0, 0.1) is 5.92 Å². The minimum absolute atomic E-state index is 0.0832. The Morgan fingerprint density at radius 1 is 1.65 bits per heavy atom. The first-order valence-electron chi connectivity index (χ1n) is 5.83. The van der Waals surface area contributed by atoms with Crippen LogP contribution in [0.5, 0.6) is 0 Å². The molecule has 0 spiro atoms. The Bertz CT molecular complexity index is 343. The number of carbonyl (C=O) groups is 1. The van der Waals surface area contributed by atoms with E-state index in [1.54, 1.807) is 12.1 Å². The highest BCUT2D eigenvalue weighted by atomic mass is 16.5. The van der Waals surface area contributed by atoms with Gasteiger partial charge < -0.3 is 19.6 Å². The van der Waals surface area contributed by atoms with E-state index in [0.717, 1.165) is 19.4 Å². The van der Waals surface area contributed by atoms with Gasteiger partial charge in [-0.15, -0.1) is 0 Å². The minimum Gasteiger partial charge on any atom is -0.467 e. The molecular weight excluding hydrogens is 222 g/mol. The molecule has 0 radical (unpaired) electrons. The van der Waals surface area contributed by atoms with Crippen LogP contribution in [0.3, 0.4) is 0 Å². The normalized spacial score (nSPS) is 22.1. The second-order valence-electron chi connectivity index (χ2n) is 4.17. The van der Waals surface area contributed by atoms with Crippen LogP contribution in [0.15, 0.2) is 22.8 Å². The molecule has 5 nitrogen and oxygen atoms in total. The zero-order valence-electron chi connectivity index (χ0n) is 9.59. The molecule has 1 fully saturated rings. The monoisotopic (exact) mass is 239 g/mol. The number of carbonyl (C=O) groups excluding carboxylic acids is 1. The number of rotatable bonds is 4. The van der Waals surface area contributed by atoms with Crippen molar-refractivity contribution in [3.05, 3.63) is 24.2 Å². The van der Waals surface area contributed by atoms with Gasteiger partial charge in [-0.1, -0.05) is 0 Å². The van der Waals surface area contributed by atoms with Gasteiger partial charge in [0.1, 0.15) is 11.8 Å². The van der Waals surface area contributed by atoms with Gasteiger partial charge in [0.05, 0.1) is 25.4 Å². The van der Waals surface area contributed by atoms with Gasteiger partial charge >= 0.3 is 0 Å².